The van der Waals surface area contributed by atoms with Crippen molar-refractivity contribution in [2.24, 2.45) is 0 Å². The first-order valence-corrected chi connectivity index (χ1v) is 5.49. The summed E-state index contributed by atoms with van der Waals surface area (Å²) in [6.07, 6.45) is 5.29. The first-order valence-electron chi connectivity index (χ1n) is 5.49. The molecule has 4 nitrogen and oxygen atoms in total. The number of benzene rings is 1. The average molecular weight is 230 g/mol. The van der Waals surface area contributed by atoms with Gasteiger partial charge in [0, 0.05) is 12.4 Å². The van der Waals surface area contributed by atoms with E-state index in [1.165, 1.54) is 0 Å². The lowest BCUT2D eigenvalue weighted by Gasteiger charge is -2.30. The van der Waals surface area contributed by atoms with Crippen molar-refractivity contribution in [2.75, 3.05) is 0 Å². The van der Waals surface area contributed by atoms with E-state index in [2.05, 4.69) is 4.98 Å². The van der Waals surface area contributed by atoms with E-state index in [1.54, 1.807) is 23.3 Å². The zero-order valence-electron chi connectivity index (χ0n) is 9.58. The third-order valence-corrected chi connectivity index (χ3v) is 3.06. The van der Waals surface area contributed by atoms with E-state index in [0.717, 1.165) is 5.56 Å². The molecule has 0 saturated heterocycles. The molecular weight excluding hydrogens is 216 g/mol. The van der Waals surface area contributed by atoms with Gasteiger partial charge in [-0.15, -0.1) is 0 Å². The quantitative estimate of drug-likeness (QED) is 0.875. The molecule has 1 unspecified atom stereocenters. The van der Waals surface area contributed by atoms with Crippen LogP contribution in [0.2, 0.25) is 0 Å². The molecule has 0 aliphatic heterocycles. The summed E-state index contributed by atoms with van der Waals surface area (Å²) in [5.41, 5.74) is -0.314. The van der Waals surface area contributed by atoms with Gasteiger partial charge in [0.2, 0.25) is 0 Å². The van der Waals surface area contributed by atoms with Crippen molar-refractivity contribution in [3.05, 3.63) is 54.6 Å². The lowest BCUT2D eigenvalue weighted by Crippen LogP contribution is -2.41. The van der Waals surface area contributed by atoms with E-state index in [9.17, 15) is 9.90 Å². The van der Waals surface area contributed by atoms with Crippen LogP contribution in [0, 0.1) is 0 Å². The van der Waals surface area contributed by atoms with Crippen molar-refractivity contribution in [2.45, 2.75) is 18.9 Å². The highest BCUT2D eigenvalue weighted by Crippen LogP contribution is 2.30. The Labute approximate surface area is 99.5 Å². The van der Waals surface area contributed by atoms with Crippen molar-refractivity contribution in [3.8, 4) is 0 Å². The van der Waals surface area contributed by atoms with Crippen molar-refractivity contribution in [3.63, 3.8) is 0 Å². The Morgan fingerprint density at radius 1 is 1.41 bits per heavy atom. The molecule has 0 bridgehead atoms. The highest BCUT2D eigenvalue weighted by Gasteiger charge is 2.40. The number of carboxylic acids is 1. The predicted octanol–water partition coefficient (Wildman–Crippen LogP) is 2.12. The Morgan fingerprint density at radius 2 is 2.12 bits per heavy atom. The first-order chi connectivity index (χ1) is 8.21. The highest BCUT2D eigenvalue weighted by molar-refractivity contribution is 5.81. The summed E-state index contributed by atoms with van der Waals surface area (Å²) in [6, 6.07) is 9.23. The van der Waals surface area contributed by atoms with Crippen LogP contribution in [0.15, 0.2) is 49.1 Å². The van der Waals surface area contributed by atoms with Crippen molar-refractivity contribution in [1.82, 2.24) is 9.55 Å². The summed E-state index contributed by atoms with van der Waals surface area (Å²) in [4.78, 5) is 15.6. The molecule has 1 N–H and O–H groups in total. The number of carbonyl (C=O) groups is 1. The van der Waals surface area contributed by atoms with Gasteiger partial charge in [-0.1, -0.05) is 37.3 Å². The fraction of sp³-hybridized carbons (Fsp3) is 0.231. The number of carboxylic acid groups (broad SMARTS) is 1. The molecule has 4 heteroatoms. The van der Waals surface area contributed by atoms with Gasteiger partial charge in [-0.05, 0) is 12.0 Å². The van der Waals surface area contributed by atoms with Crippen LogP contribution >= 0.6 is 0 Å². The molecule has 0 saturated carbocycles. The van der Waals surface area contributed by atoms with E-state index in [0.29, 0.717) is 6.42 Å². The second-order valence-corrected chi connectivity index (χ2v) is 3.85. The molecule has 2 aromatic rings. The van der Waals surface area contributed by atoms with Gasteiger partial charge in [-0.3, -0.25) is 0 Å². The molecule has 0 radical (unpaired) electrons. The van der Waals surface area contributed by atoms with Crippen molar-refractivity contribution < 1.29 is 9.90 Å². The Kier molecular flexibility index (Phi) is 2.95. The molecule has 0 aliphatic rings. The fourth-order valence-corrected chi connectivity index (χ4v) is 2.12. The van der Waals surface area contributed by atoms with Crippen LogP contribution in [0.3, 0.4) is 0 Å². The van der Waals surface area contributed by atoms with E-state index < -0.39 is 11.5 Å². The van der Waals surface area contributed by atoms with Crippen LogP contribution in [-0.2, 0) is 10.3 Å². The van der Waals surface area contributed by atoms with Gasteiger partial charge in [0.05, 0.1) is 6.33 Å². The number of imidazole rings is 1. The molecule has 1 atom stereocenters. The average Bonchev–Trinajstić information content (AvgIpc) is 2.86. The topological polar surface area (TPSA) is 55.1 Å². The second kappa shape index (κ2) is 4.41. The Balaban J connectivity index is 2.63. The zero-order valence-corrected chi connectivity index (χ0v) is 9.58. The fourth-order valence-electron chi connectivity index (χ4n) is 2.12. The Bertz CT molecular complexity index is 493. The van der Waals surface area contributed by atoms with E-state index >= 15 is 0 Å². The van der Waals surface area contributed by atoms with Gasteiger partial charge in [-0.2, -0.15) is 0 Å². The van der Waals surface area contributed by atoms with Crippen molar-refractivity contribution in [1.29, 1.82) is 0 Å². The molecule has 2 rings (SSSR count). The molecular formula is C13H14N2O2. The number of aliphatic carboxylic acids is 1. The van der Waals surface area contributed by atoms with E-state index in [-0.39, 0.29) is 0 Å². The summed E-state index contributed by atoms with van der Waals surface area (Å²) in [7, 11) is 0. The van der Waals surface area contributed by atoms with Gasteiger partial charge in [0.25, 0.3) is 0 Å². The number of hydrogen-bond donors (Lipinski definition) is 1. The van der Waals surface area contributed by atoms with Gasteiger partial charge in [-0.25, -0.2) is 9.78 Å². The van der Waals surface area contributed by atoms with E-state index in [1.807, 2.05) is 37.3 Å². The van der Waals surface area contributed by atoms with Crippen LogP contribution in [-0.4, -0.2) is 20.6 Å². The standard InChI is InChI=1S/C13H14N2O2/c1-2-13(12(16)17,15-9-8-14-10-15)11-6-4-3-5-7-11/h3-10H,2H2,1H3,(H,16,17). The third kappa shape index (κ3) is 1.71. The van der Waals surface area contributed by atoms with Crippen molar-refractivity contribution >= 4 is 5.97 Å². The molecule has 0 amide bonds. The second-order valence-electron chi connectivity index (χ2n) is 3.85. The van der Waals surface area contributed by atoms with Crippen LogP contribution in [0.25, 0.3) is 0 Å². The lowest BCUT2D eigenvalue weighted by atomic mass is 9.87. The molecule has 0 aliphatic carbocycles. The predicted molar refractivity (Wildman–Crippen MR) is 63.7 cm³/mol. The maximum absolute atomic E-state index is 11.7. The van der Waals surface area contributed by atoms with E-state index in [4.69, 9.17) is 0 Å². The number of aromatic nitrogens is 2. The minimum absolute atomic E-state index is 0.461. The SMILES string of the molecule is CCC(C(=O)O)(c1ccccc1)n1ccnc1. The zero-order chi connectivity index (χ0) is 12.3. The number of hydrogen-bond acceptors (Lipinski definition) is 2. The molecule has 88 valence electrons. The summed E-state index contributed by atoms with van der Waals surface area (Å²) in [6.45, 7) is 1.86. The highest BCUT2D eigenvalue weighted by atomic mass is 16.4. The molecule has 1 heterocycles. The summed E-state index contributed by atoms with van der Waals surface area (Å²) in [5.74, 6) is -0.871. The molecule has 17 heavy (non-hydrogen) atoms. The monoisotopic (exact) mass is 230 g/mol. The molecule has 0 spiro atoms. The van der Waals surface area contributed by atoms with Crippen LogP contribution < -0.4 is 0 Å². The minimum Gasteiger partial charge on any atom is -0.479 e. The summed E-state index contributed by atoms with van der Waals surface area (Å²) >= 11 is 0. The molecule has 1 aromatic carbocycles. The largest absolute Gasteiger partial charge is 0.479 e. The van der Waals surface area contributed by atoms with Gasteiger partial charge in [0.15, 0.2) is 5.54 Å². The smallest absolute Gasteiger partial charge is 0.334 e. The van der Waals surface area contributed by atoms with Gasteiger partial charge >= 0.3 is 5.97 Å². The lowest BCUT2D eigenvalue weighted by molar-refractivity contribution is -0.145. The van der Waals surface area contributed by atoms with Crippen LogP contribution in [0.1, 0.15) is 18.9 Å². The van der Waals surface area contributed by atoms with Crippen LogP contribution in [0.5, 0.6) is 0 Å². The Morgan fingerprint density at radius 3 is 2.59 bits per heavy atom. The minimum atomic E-state index is -1.07. The maximum atomic E-state index is 11.7. The van der Waals surface area contributed by atoms with Gasteiger partial charge in [0.1, 0.15) is 0 Å². The third-order valence-electron chi connectivity index (χ3n) is 3.06. The maximum Gasteiger partial charge on any atom is 0.334 e. The normalized spacial score (nSPS) is 14.2. The Hall–Kier alpha value is -2.10. The summed E-state index contributed by atoms with van der Waals surface area (Å²) < 4.78 is 1.64. The van der Waals surface area contributed by atoms with Crippen LogP contribution in [0.4, 0.5) is 0 Å². The molecule has 1 aromatic heterocycles. The number of rotatable bonds is 4. The molecule has 0 fully saturated rings. The first kappa shape index (κ1) is 11.4. The van der Waals surface area contributed by atoms with Gasteiger partial charge < -0.3 is 9.67 Å². The summed E-state index contributed by atoms with van der Waals surface area (Å²) in [5, 5.41) is 9.60. The number of nitrogens with zero attached hydrogens (tertiary/aromatic N) is 2.